The second kappa shape index (κ2) is 6.39. The average Bonchev–Trinajstić information content (AvgIpc) is 3.02. The van der Waals surface area contributed by atoms with Gasteiger partial charge < -0.3 is 10.4 Å². The predicted molar refractivity (Wildman–Crippen MR) is 78.5 cm³/mol. The van der Waals surface area contributed by atoms with Crippen molar-refractivity contribution in [3.63, 3.8) is 0 Å². The number of hydrogen-bond acceptors (Lipinski definition) is 3. The fraction of sp³-hybridized carbons (Fsp3) is 0.600. The molecule has 0 radical (unpaired) electrons. The van der Waals surface area contributed by atoms with Crippen molar-refractivity contribution in [2.45, 2.75) is 39.7 Å². The van der Waals surface area contributed by atoms with Crippen molar-refractivity contribution in [3.05, 3.63) is 21.9 Å². The van der Waals surface area contributed by atoms with Crippen molar-refractivity contribution in [1.82, 2.24) is 5.32 Å². The third-order valence-electron chi connectivity index (χ3n) is 4.31. The first-order chi connectivity index (χ1) is 9.52. The van der Waals surface area contributed by atoms with E-state index in [2.05, 4.69) is 12.2 Å². The molecule has 2 rings (SSSR count). The van der Waals surface area contributed by atoms with Gasteiger partial charge in [0.15, 0.2) is 0 Å². The van der Waals surface area contributed by atoms with E-state index in [1.54, 1.807) is 11.3 Å². The van der Waals surface area contributed by atoms with Gasteiger partial charge in [0.25, 0.3) is 0 Å². The molecule has 1 aromatic rings. The van der Waals surface area contributed by atoms with Crippen molar-refractivity contribution in [1.29, 1.82) is 0 Å². The van der Waals surface area contributed by atoms with Crippen LogP contribution in [0.1, 0.15) is 37.3 Å². The Kier molecular flexibility index (Phi) is 4.81. The molecule has 4 nitrogen and oxygen atoms in total. The molecule has 1 aromatic heterocycles. The SMILES string of the molecule is CCC1CC(C(=O)O)C(C(=O)NCc2cscc2C)C1. The maximum Gasteiger partial charge on any atom is 0.307 e. The van der Waals surface area contributed by atoms with Gasteiger partial charge >= 0.3 is 5.97 Å². The second-order valence-electron chi connectivity index (χ2n) is 5.59. The zero-order valence-electron chi connectivity index (χ0n) is 11.9. The third-order valence-corrected chi connectivity index (χ3v) is 5.22. The molecule has 0 saturated heterocycles. The summed E-state index contributed by atoms with van der Waals surface area (Å²) in [5.74, 6) is -1.50. The normalized spacial score (nSPS) is 25.6. The fourth-order valence-corrected chi connectivity index (χ4v) is 3.78. The summed E-state index contributed by atoms with van der Waals surface area (Å²) in [6, 6.07) is 0. The summed E-state index contributed by atoms with van der Waals surface area (Å²) in [6.07, 6.45) is 2.26. The summed E-state index contributed by atoms with van der Waals surface area (Å²) < 4.78 is 0. The molecule has 5 heteroatoms. The van der Waals surface area contributed by atoms with Gasteiger partial charge in [-0.1, -0.05) is 13.3 Å². The molecule has 110 valence electrons. The molecule has 0 aliphatic heterocycles. The molecule has 1 heterocycles. The lowest BCUT2D eigenvalue weighted by atomic mass is 9.95. The van der Waals surface area contributed by atoms with Gasteiger partial charge in [0.2, 0.25) is 5.91 Å². The second-order valence-corrected chi connectivity index (χ2v) is 6.34. The van der Waals surface area contributed by atoms with Crippen LogP contribution in [0.25, 0.3) is 0 Å². The lowest BCUT2D eigenvalue weighted by molar-refractivity contribution is -0.146. The van der Waals surface area contributed by atoms with Crippen LogP contribution in [0.2, 0.25) is 0 Å². The summed E-state index contributed by atoms with van der Waals surface area (Å²) >= 11 is 1.61. The predicted octanol–water partition coefficient (Wildman–Crippen LogP) is 2.81. The number of nitrogens with one attached hydrogen (secondary N) is 1. The van der Waals surface area contributed by atoms with E-state index in [-0.39, 0.29) is 11.8 Å². The lowest BCUT2D eigenvalue weighted by Crippen LogP contribution is -2.34. The van der Waals surface area contributed by atoms with Gasteiger partial charge in [0.05, 0.1) is 11.8 Å². The highest BCUT2D eigenvalue weighted by Crippen LogP contribution is 2.38. The molecule has 1 amide bonds. The first kappa shape index (κ1) is 15.0. The van der Waals surface area contributed by atoms with Crippen LogP contribution < -0.4 is 5.32 Å². The minimum absolute atomic E-state index is 0.112. The van der Waals surface area contributed by atoms with Crippen LogP contribution in [0.5, 0.6) is 0 Å². The van der Waals surface area contributed by atoms with Gasteiger partial charge in [0.1, 0.15) is 0 Å². The van der Waals surface area contributed by atoms with E-state index in [1.165, 1.54) is 5.56 Å². The number of carbonyl (C=O) groups is 2. The molecule has 1 aliphatic carbocycles. The molecule has 2 N–H and O–H groups in total. The first-order valence-electron chi connectivity index (χ1n) is 7.05. The molecule has 1 saturated carbocycles. The van der Waals surface area contributed by atoms with E-state index in [9.17, 15) is 14.7 Å². The minimum atomic E-state index is -0.840. The zero-order chi connectivity index (χ0) is 14.7. The van der Waals surface area contributed by atoms with E-state index in [1.807, 2.05) is 17.7 Å². The third kappa shape index (κ3) is 3.20. The Morgan fingerprint density at radius 1 is 1.35 bits per heavy atom. The van der Waals surface area contributed by atoms with Crippen LogP contribution in [-0.2, 0) is 16.1 Å². The Bertz CT molecular complexity index is 497. The topological polar surface area (TPSA) is 66.4 Å². The Labute approximate surface area is 123 Å². The highest BCUT2D eigenvalue weighted by Gasteiger charge is 2.41. The van der Waals surface area contributed by atoms with Crippen LogP contribution in [0, 0.1) is 24.7 Å². The number of aryl methyl sites for hydroxylation is 1. The lowest BCUT2D eigenvalue weighted by Gasteiger charge is -2.15. The van der Waals surface area contributed by atoms with Crippen molar-refractivity contribution in [3.8, 4) is 0 Å². The monoisotopic (exact) mass is 295 g/mol. The van der Waals surface area contributed by atoms with E-state index in [0.29, 0.717) is 25.3 Å². The van der Waals surface area contributed by atoms with Crippen LogP contribution in [0.15, 0.2) is 10.8 Å². The van der Waals surface area contributed by atoms with Gasteiger partial charge in [-0.3, -0.25) is 9.59 Å². The van der Waals surface area contributed by atoms with Crippen molar-refractivity contribution in [2.75, 3.05) is 0 Å². The summed E-state index contributed by atoms with van der Waals surface area (Å²) in [5, 5.41) is 16.2. The first-order valence-corrected chi connectivity index (χ1v) is 7.99. The Hall–Kier alpha value is -1.36. The van der Waals surface area contributed by atoms with Gasteiger partial charge in [-0.05, 0) is 47.6 Å². The highest BCUT2D eigenvalue weighted by molar-refractivity contribution is 7.08. The molecule has 3 atom stereocenters. The molecule has 0 aromatic carbocycles. The number of carboxylic acids is 1. The number of aliphatic carboxylic acids is 1. The van der Waals surface area contributed by atoms with Gasteiger partial charge in [-0.25, -0.2) is 0 Å². The molecular formula is C15H21NO3S. The van der Waals surface area contributed by atoms with Crippen molar-refractivity contribution in [2.24, 2.45) is 17.8 Å². The van der Waals surface area contributed by atoms with Crippen LogP contribution in [0.4, 0.5) is 0 Å². The molecular weight excluding hydrogens is 274 g/mol. The molecule has 1 fully saturated rings. The summed E-state index contributed by atoms with van der Waals surface area (Å²) in [5.41, 5.74) is 2.28. The summed E-state index contributed by atoms with van der Waals surface area (Å²) in [7, 11) is 0. The number of amides is 1. The highest BCUT2D eigenvalue weighted by atomic mass is 32.1. The molecule has 0 spiro atoms. The minimum Gasteiger partial charge on any atom is -0.481 e. The summed E-state index contributed by atoms with van der Waals surface area (Å²) in [6.45, 7) is 4.56. The van der Waals surface area contributed by atoms with Gasteiger partial charge in [-0.2, -0.15) is 11.3 Å². The van der Waals surface area contributed by atoms with E-state index >= 15 is 0 Å². The van der Waals surface area contributed by atoms with E-state index in [0.717, 1.165) is 12.0 Å². The number of hydrogen-bond donors (Lipinski definition) is 2. The van der Waals surface area contributed by atoms with Crippen LogP contribution in [-0.4, -0.2) is 17.0 Å². The van der Waals surface area contributed by atoms with E-state index < -0.39 is 11.9 Å². The van der Waals surface area contributed by atoms with Crippen molar-refractivity contribution < 1.29 is 14.7 Å². The largest absolute Gasteiger partial charge is 0.481 e. The van der Waals surface area contributed by atoms with Crippen molar-refractivity contribution >= 4 is 23.2 Å². The molecule has 20 heavy (non-hydrogen) atoms. The van der Waals surface area contributed by atoms with E-state index in [4.69, 9.17) is 0 Å². The standard InChI is InChI=1S/C15H21NO3S/c1-3-10-4-12(13(5-10)15(18)19)14(17)16-6-11-8-20-7-9(11)2/h7-8,10,12-13H,3-6H2,1-2H3,(H,16,17)(H,18,19). The molecule has 0 bridgehead atoms. The fourth-order valence-electron chi connectivity index (χ4n) is 2.92. The summed E-state index contributed by atoms with van der Waals surface area (Å²) in [4.78, 5) is 23.5. The van der Waals surface area contributed by atoms with Crippen LogP contribution >= 0.6 is 11.3 Å². The van der Waals surface area contributed by atoms with Gasteiger partial charge in [-0.15, -0.1) is 0 Å². The average molecular weight is 295 g/mol. The Morgan fingerprint density at radius 2 is 2.05 bits per heavy atom. The van der Waals surface area contributed by atoms with Crippen LogP contribution in [0.3, 0.4) is 0 Å². The number of carboxylic acid groups (broad SMARTS) is 1. The number of carbonyl (C=O) groups excluding carboxylic acids is 1. The quantitative estimate of drug-likeness (QED) is 0.878. The Balaban J connectivity index is 1.97. The molecule has 3 unspecified atom stereocenters. The molecule has 1 aliphatic rings. The Morgan fingerprint density at radius 3 is 2.60 bits per heavy atom. The maximum absolute atomic E-state index is 12.3. The smallest absolute Gasteiger partial charge is 0.307 e. The van der Waals surface area contributed by atoms with Gasteiger partial charge in [0, 0.05) is 6.54 Å². The zero-order valence-corrected chi connectivity index (χ0v) is 12.7. The number of thiophene rings is 1. The maximum atomic E-state index is 12.3. The number of rotatable bonds is 5.